The summed E-state index contributed by atoms with van der Waals surface area (Å²) < 4.78 is 15.4. The first-order valence-electron chi connectivity index (χ1n) is 10.9. The minimum absolute atomic E-state index is 0.275. The maximum atomic E-state index is 13.7. The summed E-state index contributed by atoms with van der Waals surface area (Å²) in [6.07, 6.45) is 6.31. The van der Waals surface area contributed by atoms with E-state index in [1.54, 1.807) is 28.8 Å². The van der Waals surface area contributed by atoms with E-state index in [-0.39, 0.29) is 5.82 Å². The van der Waals surface area contributed by atoms with Crippen molar-refractivity contribution in [1.82, 2.24) is 19.4 Å². The molecule has 1 amide bonds. The highest BCUT2D eigenvalue weighted by Crippen LogP contribution is 2.33. The monoisotopic (exact) mass is 445 g/mol. The van der Waals surface area contributed by atoms with Gasteiger partial charge in [0.1, 0.15) is 11.5 Å². The van der Waals surface area contributed by atoms with E-state index < -0.39 is 5.91 Å². The van der Waals surface area contributed by atoms with Crippen molar-refractivity contribution in [2.45, 2.75) is 25.8 Å². The molecule has 3 N–H and O–H groups in total. The number of benzene rings is 1. The molecule has 1 aromatic carbocycles. The van der Waals surface area contributed by atoms with Crippen LogP contribution in [0.5, 0.6) is 0 Å². The molecule has 4 heterocycles. The number of fused-ring (bicyclic) bond motifs is 2. The average Bonchev–Trinajstić information content (AvgIpc) is 3.15. The second kappa shape index (κ2) is 8.50. The van der Waals surface area contributed by atoms with Crippen LogP contribution >= 0.6 is 0 Å². The van der Waals surface area contributed by atoms with E-state index in [1.165, 1.54) is 12.1 Å². The molecule has 0 atom stereocenters. The Labute approximate surface area is 190 Å². The predicted molar refractivity (Wildman–Crippen MR) is 125 cm³/mol. The first-order chi connectivity index (χ1) is 16.0. The summed E-state index contributed by atoms with van der Waals surface area (Å²) >= 11 is 0. The lowest BCUT2D eigenvalue weighted by Crippen LogP contribution is -2.21. The molecule has 0 saturated carbocycles. The number of aryl methyl sites for hydroxylation is 1. The largest absolute Gasteiger partial charge is 0.370 e. The molecule has 33 heavy (non-hydrogen) atoms. The van der Waals surface area contributed by atoms with Crippen LogP contribution in [0.25, 0.3) is 17.2 Å². The molecule has 0 aliphatic carbocycles. The summed E-state index contributed by atoms with van der Waals surface area (Å²) in [5.74, 6) is 0.854. The van der Waals surface area contributed by atoms with Crippen molar-refractivity contribution >= 4 is 22.9 Å². The molecule has 0 bridgehead atoms. The molecule has 1 aliphatic rings. The summed E-state index contributed by atoms with van der Waals surface area (Å²) in [6.45, 7) is 1.32. The second-order valence-electron chi connectivity index (χ2n) is 8.18. The number of hydrogen-bond donors (Lipinski definition) is 2. The molecule has 4 aromatic rings. The Kier molecular flexibility index (Phi) is 5.37. The third kappa shape index (κ3) is 3.97. The van der Waals surface area contributed by atoms with Gasteiger partial charge in [-0.1, -0.05) is 12.1 Å². The predicted octanol–water partition coefficient (Wildman–Crippen LogP) is 3.41. The van der Waals surface area contributed by atoms with Crippen molar-refractivity contribution < 1.29 is 9.18 Å². The first-order valence-corrected chi connectivity index (χ1v) is 10.9. The van der Waals surface area contributed by atoms with Gasteiger partial charge in [-0.05, 0) is 49.1 Å². The van der Waals surface area contributed by atoms with Crippen LogP contribution < -0.4 is 16.0 Å². The number of carbonyl (C=O) groups excluding carboxylic acids is 1. The molecule has 8 nitrogen and oxygen atoms in total. The third-order valence-electron chi connectivity index (χ3n) is 5.88. The van der Waals surface area contributed by atoms with Crippen LogP contribution in [0, 0.1) is 5.82 Å². The third-order valence-corrected chi connectivity index (χ3v) is 5.88. The van der Waals surface area contributed by atoms with Gasteiger partial charge in [0.2, 0.25) is 0 Å². The normalized spacial score (nSPS) is 13.6. The van der Waals surface area contributed by atoms with E-state index in [4.69, 9.17) is 15.7 Å². The number of hydrogen-bond acceptors (Lipinski definition) is 6. The number of anilines is 2. The van der Waals surface area contributed by atoms with Crippen molar-refractivity contribution in [2.24, 2.45) is 5.73 Å². The topological polar surface area (TPSA) is 101 Å². The number of amides is 1. The summed E-state index contributed by atoms with van der Waals surface area (Å²) in [7, 11) is 2.03. The number of nitrogens with two attached hydrogens (primary N) is 1. The van der Waals surface area contributed by atoms with Gasteiger partial charge in [0.15, 0.2) is 17.5 Å². The number of pyridine rings is 1. The molecular formula is C24H24FN7O. The van der Waals surface area contributed by atoms with E-state index in [0.29, 0.717) is 35.1 Å². The summed E-state index contributed by atoms with van der Waals surface area (Å²) in [6, 6.07) is 9.91. The zero-order valence-corrected chi connectivity index (χ0v) is 18.3. The van der Waals surface area contributed by atoms with Crippen molar-refractivity contribution in [2.75, 3.05) is 23.8 Å². The quantitative estimate of drug-likeness (QED) is 0.488. The molecule has 0 radical (unpaired) electrons. The Bertz CT molecular complexity index is 1350. The number of primary amides is 1. The van der Waals surface area contributed by atoms with Crippen molar-refractivity contribution in [3.05, 3.63) is 71.4 Å². The maximum Gasteiger partial charge on any atom is 0.250 e. The Morgan fingerprint density at radius 1 is 1.21 bits per heavy atom. The van der Waals surface area contributed by atoms with Crippen molar-refractivity contribution in [3.63, 3.8) is 0 Å². The molecule has 0 unspecified atom stereocenters. The van der Waals surface area contributed by atoms with Crippen molar-refractivity contribution in [3.8, 4) is 11.6 Å². The molecule has 0 fully saturated rings. The number of nitrogens with one attached hydrogen (secondary N) is 1. The van der Waals surface area contributed by atoms with Gasteiger partial charge in [0.25, 0.3) is 5.91 Å². The fraction of sp³-hybridized carbons (Fsp3) is 0.250. The molecular weight excluding hydrogens is 421 g/mol. The molecule has 168 valence electrons. The van der Waals surface area contributed by atoms with Gasteiger partial charge in [-0.2, -0.15) is 0 Å². The Morgan fingerprint density at radius 2 is 2.09 bits per heavy atom. The van der Waals surface area contributed by atoms with Gasteiger partial charge in [-0.3, -0.25) is 9.20 Å². The van der Waals surface area contributed by atoms with E-state index in [1.807, 2.05) is 19.3 Å². The van der Waals surface area contributed by atoms with Gasteiger partial charge < -0.3 is 16.0 Å². The van der Waals surface area contributed by atoms with Gasteiger partial charge in [0.05, 0.1) is 23.0 Å². The standard InChI is InChI=1S/C24H24FN7O/c1-31-10-3-2-9-18-20(31)22(27-13-15-6-4-7-16(25)12-15)30-23(29-18)24-28-14-19-17(21(26)33)8-5-11-32(19)24/h4-8,11-12,14H,2-3,9-10,13H2,1H3,(H2,26,33)(H,27,29,30). The number of rotatable bonds is 5. The second-order valence-corrected chi connectivity index (χ2v) is 8.18. The summed E-state index contributed by atoms with van der Waals surface area (Å²) in [5.41, 5.74) is 9.22. The zero-order chi connectivity index (χ0) is 22.9. The Morgan fingerprint density at radius 3 is 2.91 bits per heavy atom. The number of carbonyl (C=O) groups is 1. The number of aromatic nitrogens is 4. The fourth-order valence-corrected chi connectivity index (χ4v) is 4.28. The SMILES string of the molecule is CN1CCCCc2nc(-c3ncc4c(C(N)=O)cccn34)nc(NCc3cccc(F)c3)c21. The zero-order valence-electron chi connectivity index (χ0n) is 18.3. The fourth-order valence-electron chi connectivity index (χ4n) is 4.28. The van der Waals surface area contributed by atoms with Crippen molar-refractivity contribution in [1.29, 1.82) is 0 Å². The van der Waals surface area contributed by atoms with Gasteiger partial charge in [-0.15, -0.1) is 0 Å². The minimum Gasteiger partial charge on any atom is -0.370 e. The maximum absolute atomic E-state index is 13.7. The molecule has 3 aromatic heterocycles. The van der Waals surface area contributed by atoms with Crippen LogP contribution in [0.1, 0.15) is 34.5 Å². The summed E-state index contributed by atoms with van der Waals surface area (Å²) in [5, 5.41) is 3.38. The lowest BCUT2D eigenvalue weighted by atomic mass is 10.2. The lowest BCUT2D eigenvalue weighted by molar-refractivity contribution is 0.100. The molecule has 0 spiro atoms. The molecule has 1 aliphatic heterocycles. The van der Waals surface area contributed by atoms with E-state index in [2.05, 4.69) is 15.2 Å². The van der Waals surface area contributed by atoms with E-state index in [0.717, 1.165) is 42.8 Å². The highest BCUT2D eigenvalue weighted by molar-refractivity contribution is 5.99. The van der Waals surface area contributed by atoms with Crippen LogP contribution in [-0.2, 0) is 13.0 Å². The van der Waals surface area contributed by atoms with E-state index in [9.17, 15) is 9.18 Å². The van der Waals surface area contributed by atoms with Crippen LogP contribution in [0.3, 0.4) is 0 Å². The van der Waals surface area contributed by atoms with Crippen LogP contribution in [-0.4, -0.2) is 38.9 Å². The highest BCUT2D eigenvalue weighted by atomic mass is 19.1. The van der Waals surface area contributed by atoms with Crippen LogP contribution in [0.4, 0.5) is 15.9 Å². The van der Waals surface area contributed by atoms with Crippen LogP contribution in [0.15, 0.2) is 48.8 Å². The van der Waals surface area contributed by atoms with Crippen LogP contribution in [0.2, 0.25) is 0 Å². The molecule has 9 heteroatoms. The highest BCUT2D eigenvalue weighted by Gasteiger charge is 2.23. The van der Waals surface area contributed by atoms with Gasteiger partial charge in [-0.25, -0.2) is 19.3 Å². The lowest BCUT2D eigenvalue weighted by Gasteiger charge is -2.23. The number of halogens is 1. The Hall–Kier alpha value is -4.01. The van der Waals surface area contributed by atoms with Gasteiger partial charge in [0, 0.05) is 26.3 Å². The average molecular weight is 446 g/mol. The minimum atomic E-state index is -0.519. The molecule has 5 rings (SSSR count). The molecule has 0 saturated heterocycles. The Balaban J connectivity index is 1.61. The number of nitrogens with zero attached hydrogens (tertiary/aromatic N) is 5. The number of imidazole rings is 1. The van der Waals surface area contributed by atoms with Gasteiger partial charge >= 0.3 is 0 Å². The smallest absolute Gasteiger partial charge is 0.250 e. The van der Waals surface area contributed by atoms with E-state index >= 15 is 0 Å². The first kappa shape index (κ1) is 20.9. The summed E-state index contributed by atoms with van der Waals surface area (Å²) in [4.78, 5) is 28.2.